The van der Waals surface area contributed by atoms with E-state index in [1.165, 1.54) is 25.7 Å². The Bertz CT molecular complexity index is 367. The molecule has 2 nitrogen and oxygen atoms in total. The van der Waals surface area contributed by atoms with Gasteiger partial charge in [0, 0.05) is 0 Å². The summed E-state index contributed by atoms with van der Waals surface area (Å²) in [5, 5.41) is 3.46. The Hall–Kier alpha value is -0.760. The summed E-state index contributed by atoms with van der Waals surface area (Å²) < 4.78 is 5.82. The molecule has 0 aromatic carbocycles. The van der Waals surface area contributed by atoms with Gasteiger partial charge in [-0.05, 0) is 50.3 Å². The zero-order chi connectivity index (χ0) is 12.5. The highest BCUT2D eigenvalue weighted by molar-refractivity contribution is 5.12. The molecule has 0 saturated heterocycles. The van der Waals surface area contributed by atoms with Crippen LogP contribution in [0.4, 0.5) is 0 Å². The third kappa shape index (κ3) is 2.57. The average Bonchev–Trinajstić information content (AvgIpc) is 2.68. The minimum absolute atomic E-state index is 0.360. The second kappa shape index (κ2) is 4.85. The van der Waals surface area contributed by atoms with E-state index in [0.717, 1.165) is 11.5 Å². The summed E-state index contributed by atoms with van der Waals surface area (Å²) in [5.41, 5.74) is 0.409. The van der Waals surface area contributed by atoms with Crippen LogP contribution < -0.4 is 5.32 Å². The predicted molar refractivity (Wildman–Crippen MR) is 71.0 cm³/mol. The van der Waals surface area contributed by atoms with Gasteiger partial charge in [-0.15, -0.1) is 0 Å². The summed E-state index contributed by atoms with van der Waals surface area (Å²) in [7, 11) is 2.05. The molecule has 0 aliphatic heterocycles. The number of hydrogen-bond acceptors (Lipinski definition) is 2. The Morgan fingerprint density at radius 3 is 2.65 bits per heavy atom. The number of furan rings is 1. The average molecular weight is 235 g/mol. The van der Waals surface area contributed by atoms with E-state index in [0.29, 0.717) is 17.4 Å². The minimum Gasteiger partial charge on any atom is -0.465 e. The van der Waals surface area contributed by atoms with Gasteiger partial charge in [0.15, 0.2) is 0 Å². The van der Waals surface area contributed by atoms with Crippen molar-refractivity contribution < 1.29 is 4.42 Å². The van der Waals surface area contributed by atoms with Crippen LogP contribution in [0.3, 0.4) is 0 Å². The van der Waals surface area contributed by atoms with Gasteiger partial charge in [0.05, 0.1) is 6.04 Å². The third-order valence-corrected chi connectivity index (χ3v) is 4.37. The fraction of sp³-hybridized carbons (Fsp3) is 0.733. The molecule has 2 rings (SSSR count). The van der Waals surface area contributed by atoms with E-state index in [1.807, 2.05) is 14.0 Å². The number of rotatable bonds is 3. The molecule has 2 heteroatoms. The molecule has 1 saturated carbocycles. The van der Waals surface area contributed by atoms with Crippen molar-refractivity contribution in [3.8, 4) is 0 Å². The molecular weight excluding hydrogens is 210 g/mol. The molecule has 2 unspecified atom stereocenters. The Balaban J connectivity index is 2.22. The molecule has 0 amide bonds. The molecule has 17 heavy (non-hydrogen) atoms. The van der Waals surface area contributed by atoms with Gasteiger partial charge in [-0.3, -0.25) is 0 Å². The van der Waals surface area contributed by atoms with E-state index < -0.39 is 0 Å². The van der Waals surface area contributed by atoms with Crippen LogP contribution in [0.1, 0.15) is 57.1 Å². The van der Waals surface area contributed by atoms with Crippen LogP contribution >= 0.6 is 0 Å². The molecule has 0 radical (unpaired) electrons. The standard InChI is InChI=1S/C15H25NO/c1-11-8-9-13(17-11)14(16-4)12-7-5-6-10-15(12,2)3/h8-9,12,14,16H,5-7,10H2,1-4H3. The van der Waals surface area contributed by atoms with Crippen molar-refractivity contribution in [1.82, 2.24) is 5.32 Å². The molecule has 1 fully saturated rings. The Morgan fingerprint density at radius 2 is 2.12 bits per heavy atom. The molecule has 1 aliphatic rings. The molecule has 1 N–H and O–H groups in total. The highest BCUT2D eigenvalue weighted by atomic mass is 16.3. The number of hydrogen-bond donors (Lipinski definition) is 1. The maximum atomic E-state index is 5.82. The Kier molecular flexibility index (Phi) is 3.62. The highest BCUT2D eigenvalue weighted by Gasteiger charge is 2.38. The van der Waals surface area contributed by atoms with Crippen LogP contribution in [0.5, 0.6) is 0 Å². The number of aryl methyl sites for hydroxylation is 1. The Labute approximate surface area is 105 Å². The van der Waals surface area contributed by atoms with Gasteiger partial charge in [0.25, 0.3) is 0 Å². The summed E-state index contributed by atoms with van der Waals surface area (Å²) in [4.78, 5) is 0. The largest absolute Gasteiger partial charge is 0.465 e. The summed E-state index contributed by atoms with van der Waals surface area (Å²) in [6, 6.07) is 4.55. The van der Waals surface area contributed by atoms with Crippen molar-refractivity contribution in [1.29, 1.82) is 0 Å². The van der Waals surface area contributed by atoms with E-state index in [-0.39, 0.29) is 0 Å². The summed E-state index contributed by atoms with van der Waals surface area (Å²) in [6.07, 6.45) is 5.36. The van der Waals surface area contributed by atoms with Gasteiger partial charge in [0.1, 0.15) is 11.5 Å². The minimum atomic E-state index is 0.360. The molecule has 1 heterocycles. The van der Waals surface area contributed by atoms with Crippen LogP contribution in [0.15, 0.2) is 16.5 Å². The first kappa shape index (κ1) is 12.7. The maximum Gasteiger partial charge on any atom is 0.121 e. The van der Waals surface area contributed by atoms with Gasteiger partial charge in [-0.25, -0.2) is 0 Å². The van der Waals surface area contributed by atoms with E-state index >= 15 is 0 Å². The molecule has 1 aliphatic carbocycles. The third-order valence-electron chi connectivity index (χ3n) is 4.37. The van der Waals surface area contributed by atoms with Crippen molar-refractivity contribution in [2.24, 2.45) is 11.3 Å². The van der Waals surface area contributed by atoms with E-state index in [1.54, 1.807) is 0 Å². The lowest BCUT2D eigenvalue weighted by Crippen LogP contribution is -2.37. The van der Waals surface area contributed by atoms with Crippen molar-refractivity contribution >= 4 is 0 Å². The zero-order valence-electron chi connectivity index (χ0n) is 11.5. The van der Waals surface area contributed by atoms with Crippen molar-refractivity contribution in [2.45, 2.75) is 52.5 Å². The lowest BCUT2D eigenvalue weighted by atomic mass is 9.65. The molecular formula is C15H25NO. The van der Waals surface area contributed by atoms with Crippen LogP contribution in [-0.4, -0.2) is 7.05 Å². The smallest absolute Gasteiger partial charge is 0.121 e. The highest BCUT2D eigenvalue weighted by Crippen LogP contribution is 2.46. The first-order valence-electron chi connectivity index (χ1n) is 6.78. The van der Waals surface area contributed by atoms with Crippen molar-refractivity contribution in [3.63, 3.8) is 0 Å². The topological polar surface area (TPSA) is 25.2 Å². The fourth-order valence-corrected chi connectivity index (χ4v) is 3.30. The number of nitrogens with one attached hydrogen (secondary N) is 1. The lowest BCUT2D eigenvalue weighted by Gasteiger charge is -2.42. The summed E-state index contributed by atoms with van der Waals surface area (Å²) in [5.74, 6) is 2.78. The predicted octanol–water partition coefficient (Wildman–Crippen LogP) is 4.06. The van der Waals surface area contributed by atoms with E-state index in [2.05, 4.69) is 31.3 Å². The van der Waals surface area contributed by atoms with Crippen LogP contribution in [0.25, 0.3) is 0 Å². The van der Waals surface area contributed by atoms with Gasteiger partial charge in [-0.2, -0.15) is 0 Å². The van der Waals surface area contributed by atoms with Gasteiger partial charge in [-0.1, -0.05) is 26.7 Å². The molecule has 0 spiro atoms. The van der Waals surface area contributed by atoms with Crippen molar-refractivity contribution in [3.05, 3.63) is 23.7 Å². The summed E-state index contributed by atoms with van der Waals surface area (Å²) >= 11 is 0. The second-order valence-electron chi connectivity index (χ2n) is 6.06. The molecule has 0 bridgehead atoms. The van der Waals surface area contributed by atoms with Crippen LogP contribution in [-0.2, 0) is 0 Å². The molecule has 96 valence electrons. The maximum absolute atomic E-state index is 5.82. The quantitative estimate of drug-likeness (QED) is 0.854. The van der Waals surface area contributed by atoms with E-state index in [9.17, 15) is 0 Å². The van der Waals surface area contributed by atoms with Gasteiger partial charge in [0.2, 0.25) is 0 Å². The van der Waals surface area contributed by atoms with E-state index in [4.69, 9.17) is 4.42 Å². The molecule has 1 aromatic rings. The molecule has 2 atom stereocenters. The van der Waals surface area contributed by atoms with Crippen LogP contribution in [0.2, 0.25) is 0 Å². The van der Waals surface area contributed by atoms with Crippen molar-refractivity contribution in [2.75, 3.05) is 7.05 Å². The first-order valence-corrected chi connectivity index (χ1v) is 6.78. The fourth-order valence-electron chi connectivity index (χ4n) is 3.30. The van der Waals surface area contributed by atoms with Gasteiger partial charge < -0.3 is 9.73 Å². The molecule has 1 aromatic heterocycles. The summed E-state index contributed by atoms with van der Waals surface area (Å²) in [6.45, 7) is 6.82. The van der Waals surface area contributed by atoms with Gasteiger partial charge >= 0.3 is 0 Å². The normalized spacial score (nSPS) is 25.8. The first-order chi connectivity index (χ1) is 8.04. The lowest BCUT2D eigenvalue weighted by molar-refractivity contribution is 0.0922. The monoisotopic (exact) mass is 235 g/mol. The zero-order valence-corrected chi connectivity index (χ0v) is 11.5. The SMILES string of the molecule is CNC(c1ccc(C)o1)C1CCCCC1(C)C. The second-order valence-corrected chi connectivity index (χ2v) is 6.06. The Morgan fingerprint density at radius 1 is 1.35 bits per heavy atom. The van der Waals surface area contributed by atoms with Crippen LogP contribution in [0, 0.1) is 18.3 Å².